The van der Waals surface area contributed by atoms with Gasteiger partial charge in [0.25, 0.3) is 0 Å². The van der Waals surface area contributed by atoms with Crippen molar-refractivity contribution < 1.29 is 9.53 Å². The van der Waals surface area contributed by atoms with E-state index >= 15 is 0 Å². The zero-order valence-corrected chi connectivity index (χ0v) is 17.9. The molecule has 5 nitrogen and oxygen atoms in total. The highest BCUT2D eigenvalue weighted by Gasteiger charge is 2.20. The van der Waals surface area contributed by atoms with Crippen molar-refractivity contribution >= 4 is 11.6 Å². The standard InChI is InChI=1S/C24H33N3O2/c1-4-20-9-7-10-21(5-2)24(20)25-23(28)18-27-14-12-26(13-15-27)17-19-8-6-11-22(16-19)29-3/h6-11,16H,4-5,12-15,17-18H2,1-3H3,(H,25,28). The Morgan fingerprint density at radius 1 is 0.966 bits per heavy atom. The number of carbonyl (C=O) groups is 1. The number of ether oxygens (including phenoxy) is 1. The lowest BCUT2D eigenvalue weighted by molar-refractivity contribution is -0.117. The largest absolute Gasteiger partial charge is 0.497 e. The van der Waals surface area contributed by atoms with Gasteiger partial charge in [0.15, 0.2) is 0 Å². The number of para-hydroxylation sites is 1. The Balaban J connectivity index is 1.50. The first-order valence-electron chi connectivity index (χ1n) is 10.6. The minimum Gasteiger partial charge on any atom is -0.497 e. The minimum absolute atomic E-state index is 0.0850. The Bertz CT molecular complexity index is 791. The molecule has 29 heavy (non-hydrogen) atoms. The number of anilines is 1. The van der Waals surface area contributed by atoms with Crippen LogP contribution in [0.15, 0.2) is 42.5 Å². The average Bonchev–Trinajstić information content (AvgIpc) is 2.75. The van der Waals surface area contributed by atoms with Crippen LogP contribution in [0.25, 0.3) is 0 Å². The van der Waals surface area contributed by atoms with E-state index in [2.05, 4.69) is 59.3 Å². The van der Waals surface area contributed by atoms with Crippen LogP contribution in [0.2, 0.25) is 0 Å². The molecule has 2 aromatic carbocycles. The van der Waals surface area contributed by atoms with E-state index in [4.69, 9.17) is 4.74 Å². The van der Waals surface area contributed by atoms with Gasteiger partial charge in [0.05, 0.1) is 13.7 Å². The topological polar surface area (TPSA) is 44.8 Å². The molecule has 1 fully saturated rings. The van der Waals surface area contributed by atoms with Crippen molar-refractivity contribution in [3.8, 4) is 5.75 Å². The van der Waals surface area contributed by atoms with E-state index < -0.39 is 0 Å². The number of hydrogen-bond acceptors (Lipinski definition) is 4. The molecule has 1 N–H and O–H groups in total. The summed E-state index contributed by atoms with van der Waals surface area (Å²) in [6, 6.07) is 14.5. The quantitative estimate of drug-likeness (QED) is 0.742. The van der Waals surface area contributed by atoms with Crippen molar-refractivity contribution in [2.45, 2.75) is 33.2 Å². The number of benzene rings is 2. The maximum atomic E-state index is 12.7. The molecule has 0 bridgehead atoms. The molecule has 0 unspecified atom stereocenters. The lowest BCUT2D eigenvalue weighted by Gasteiger charge is -2.34. The smallest absolute Gasteiger partial charge is 0.238 e. The summed E-state index contributed by atoms with van der Waals surface area (Å²) in [5.41, 5.74) is 4.69. The van der Waals surface area contributed by atoms with Gasteiger partial charge in [-0.1, -0.05) is 44.2 Å². The van der Waals surface area contributed by atoms with Gasteiger partial charge in [0.1, 0.15) is 5.75 Å². The van der Waals surface area contributed by atoms with E-state index in [0.29, 0.717) is 6.54 Å². The fourth-order valence-corrected chi connectivity index (χ4v) is 3.92. The van der Waals surface area contributed by atoms with Crippen molar-refractivity contribution in [1.29, 1.82) is 0 Å². The molecular formula is C24H33N3O2. The minimum atomic E-state index is 0.0850. The number of carbonyl (C=O) groups excluding carboxylic acids is 1. The molecular weight excluding hydrogens is 362 g/mol. The second-order valence-corrected chi connectivity index (χ2v) is 7.61. The van der Waals surface area contributed by atoms with E-state index in [1.165, 1.54) is 16.7 Å². The molecule has 0 aliphatic carbocycles. The molecule has 156 valence electrons. The molecule has 1 amide bonds. The van der Waals surface area contributed by atoms with E-state index in [-0.39, 0.29) is 5.91 Å². The van der Waals surface area contributed by atoms with Crippen molar-refractivity contribution in [3.63, 3.8) is 0 Å². The maximum absolute atomic E-state index is 12.7. The van der Waals surface area contributed by atoms with Crippen LogP contribution in [0.4, 0.5) is 5.69 Å². The Morgan fingerprint density at radius 2 is 1.59 bits per heavy atom. The van der Waals surface area contributed by atoms with Crippen molar-refractivity contribution in [1.82, 2.24) is 9.80 Å². The van der Waals surface area contributed by atoms with Gasteiger partial charge in [0, 0.05) is 38.4 Å². The third-order valence-electron chi connectivity index (χ3n) is 5.64. The van der Waals surface area contributed by atoms with Crippen molar-refractivity contribution in [2.24, 2.45) is 0 Å². The van der Waals surface area contributed by atoms with Crippen molar-refractivity contribution in [2.75, 3.05) is 45.2 Å². The molecule has 1 heterocycles. The van der Waals surface area contributed by atoms with E-state index in [1.807, 2.05) is 12.1 Å². The highest BCUT2D eigenvalue weighted by Crippen LogP contribution is 2.22. The van der Waals surface area contributed by atoms with Crippen LogP contribution >= 0.6 is 0 Å². The van der Waals surface area contributed by atoms with Gasteiger partial charge in [-0.3, -0.25) is 14.6 Å². The monoisotopic (exact) mass is 395 g/mol. The number of aryl methyl sites for hydroxylation is 2. The predicted molar refractivity (Wildman–Crippen MR) is 119 cm³/mol. The molecule has 0 radical (unpaired) electrons. The highest BCUT2D eigenvalue weighted by atomic mass is 16.5. The SMILES string of the molecule is CCc1cccc(CC)c1NC(=O)CN1CCN(Cc2cccc(OC)c2)CC1. The zero-order chi connectivity index (χ0) is 20.6. The van der Waals surface area contributed by atoms with Gasteiger partial charge < -0.3 is 10.1 Å². The van der Waals surface area contributed by atoms with Crippen LogP contribution in [-0.2, 0) is 24.2 Å². The van der Waals surface area contributed by atoms with Crippen LogP contribution in [0.3, 0.4) is 0 Å². The number of methoxy groups -OCH3 is 1. The Labute approximate surface area is 174 Å². The second-order valence-electron chi connectivity index (χ2n) is 7.61. The first-order chi connectivity index (χ1) is 14.1. The molecule has 2 aromatic rings. The summed E-state index contributed by atoms with van der Waals surface area (Å²) in [7, 11) is 1.70. The summed E-state index contributed by atoms with van der Waals surface area (Å²) in [6.45, 7) is 9.39. The zero-order valence-electron chi connectivity index (χ0n) is 17.9. The first kappa shape index (κ1) is 21.3. The van der Waals surface area contributed by atoms with Crippen LogP contribution in [-0.4, -0.2) is 55.5 Å². The molecule has 0 saturated carbocycles. The highest BCUT2D eigenvalue weighted by molar-refractivity contribution is 5.93. The Hall–Kier alpha value is -2.37. The summed E-state index contributed by atoms with van der Waals surface area (Å²) in [4.78, 5) is 17.4. The average molecular weight is 396 g/mol. The molecule has 0 spiro atoms. The third kappa shape index (κ3) is 5.81. The van der Waals surface area contributed by atoms with E-state index in [9.17, 15) is 4.79 Å². The number of amides is 1. The fourth-order valence-electron chi connectivity index (χ4n) is 3.92. The molecule has 5 heteroatoms. The first-order valence-corrected chi connectivity index (χ1v) is 10.6. The van der Waals surface area contributed by atoms with Gasteiger partial charge >= 0.3 is 0 Å². The van der Waals surface area contributed by atoms with E-state index in [0.717, 1.165) is 57.0 Å². The number of rotatable bonds is 8. The molecule has 1 aliphatic heterocycles. The van der Waals surface area contributed by atoms with Crippen LogP contribution in [0.5, 0.6) is 5.75 Å². The van der Waals surface area contributed by atoms with Crippen LogP contribution < -0.4 is 10.1 Å². The molecule has 0 aromatic heterocycles. The maximum Gasteiger partial charge on any atom is 0.238 e. The Morgan fingerprint density at radius 3 is 2.21 bits per heavy atom. The van der Waals surface area contributed by atoms with Gasteiger partial charge in [-0.2, -0.15) is 0 Å². The molecule has 1 saturated heterocycles. The summed E-state index contributed by atoms with van der Waals surface area (Å²) >= 11 is 0. The van der Waals surface area contributed by atoms with Gasteiger partial charge in [-0.15, -0.1) is 0 Å². The van der Waals surface area contributed by atoms with Crippen molar-refractivity contribution in [3.05, 3.63) is 59.2 Å². The van der Waals surface area contributed by atoms with Gasteiger partial charge in [-0.05, 0) is 41.7 Å². The number of nitrogens with one attached hydrogen (secondary N) is 1. The summed E-state index contributed by atoms with van der Waals surface area (Å²) < 4.78 is 5.32. The lowest BCUT2D eigenvalue weighted by Crippen LogP contribution is -2.48. The summed E-state index contributed by atoms with van der Waals surface area (Å²) in [6.07, 6.45) is 1.85. The molecule has 3 rings (SSSR count). The number of nitrogens with zero attached hydrogens (tertiary/aromatic N) is 2. The molecule has 0 atom stereocenters. The normalized spacial score (nSPS) is 15.3. The van der Waals surface area contributed by atoms with E-state index in [1.54, 1.807) is 7.11 Å². The second kappa shape index (κ2) is 10.4. The van der Waals surface area contributed by atoms with Gasteiger partial charge in [0.2, 0.25) is 5.91 Å². The summed E-state index contributed by atoms with van der Waals surface area (Å²) in [5.74, 6) is 0.985. The summed E-state index contributed by atoms with van der Waals surface area (Å²) in [5, 5.41) is 3.18. The van der Waals surface area contributed by atoms with Crippen LogP contribution in [0.1, 0.15) is 30.5 Å². The molecule has 1 aliphatic rings. The predicted octanol–water partition coefficient (Wildman–Crippen LogP) is 3.58. The van der Waals surface area contributed by atoms with Crippen LogP contribution in [0, 0.1) is 0 Å². The lowest BCUT2D eigenvalue weighted by atomic mass is 10.0. The van der Waals surface area contributed by atoms with Gasteiger partial charge in [-0.25, -0.2) is 0 Å². The fraction of sp³-hybridized carbons (Fsp3) is 0.458. The number of hydrogen-bond donors (Lipinski definition) is 1. The Kier molecular flexibility index (Phi) is 7.67. The number of piperazine rings is 1. The third-order valence-corrected chi connectivity index (χ3v) is 5.64.